The molecule has 0 aliphatic carbocycles. The number of halogens is 2. The zero-order chi connectivity index (χ0) is 68.1. The largest absolute Gasteiger partial charge is 0.494 e. The summed E-state index contributed by atoms with van der Waals surface area (Å²) in [6.45, 7) is -6.85. The Morgan fingerprint density at radius 1 is 0.442 bits per heavy atom. The number of aromatic nitrogens is 2. The van der Waals surface area contributed by atoms with Gasteiger partial charge >= 0.3 is 47.8 Å². The summed E-state index contributed by atoms with van der Waals surface area (Å²) in [4.78, 5) is 123. The van der Waals surface area contributed by atoms with Crippen molar-refractivity contribution in [3.63, 3.8) is 0 Å². The lowest BCUT2D eigenvalue weighted by Crippen LogP contribution is -2.60. The summed E-state index contributed by atoms with van der Waals surface area (Å²) in [5.74, 6) is -13.5. The quantitative estimate of drug-likeness (QED) is 0.0401. The molecule has 10 atom stereocenters. The summed E-state index contributed by atoms with van der Waals surface area (Å²) in [6.07, 6.45) is -20.6. The summed E-state index contributed by atoms with van der Waals surface area (Å²) in [6, 6.07) is 18.1. The molecule has 86 heavy (non-hydrogen) atoms. The van der Waals surface area contributed by atoms with E-state index in [-0.39, 0.29) is 46.9 Å². The second-order valence-electron chi connectivity index (χ2n) is 18.9. The molecule has 6 aromatic rings. The van der Waals surface area contributed by atoms with Crippen LogP contribution in [0.5, 0.6) is 11.5 Å². The number of benzene rings is 4. The Bertz CT molecular complexity index is 3540. The van der Waals surface area contributed by atoms with Gasteiger partial charge in [0.05, 0.1) is 46.8 Å². The lowest BCUT2D eigenvalue weighted by molar-refractivity contribution is -0.267. The number of rotatable bonds is 20. The van der Waals surface area contributed by atoms with Gasteiger partial charge in [-0.05, 0) is 97.8 Å². The number of fused-ring (bicyclic) bond motifs is 2. The summed E-state index contributed by atoms with van der Waals surface area (Å²) in [5.41, 5.74) is -2.90. The molecular formula is C61H62F2N2O21. The maximum absolute atomic E-state index is 17.8. The van der Waals surface area contributed by atoms with E-state index < -0.39 is 228 Å². The van der Waals surface area contributed by atoms with Gasteiger partial charge in [0.15, 0.2) is 54.9 Å². The van der Waals surface area contributed by atoms with E-state index in [1.807, 2.05) is 0 Å². The van der Waals surface area contributed by atoms with E-state index >= 15 is 13.6 Å². The highest BCUT2D eigenvalue weighted by Crippen LogP contribution is 2.49. The monoisotopic (exact) mass is 1200 g/mol. The highest BCUT2D eigenvalue weighted by Gasteiger charge is 2.56. The van der Waals surface area contributed by atoms with Gasteiger partial charge in [0.2, 0.25) is 0 Å². The molecule has 0 radical (unpaired) electrons. The minimum Gasteiger partial charge on any atom is -0.494 e. The van der Waals surface area contributed by atoms with Crippen LogP contribution in [0.25, 0.3) is 44.3 Å². The predicted molar refractivity (Wildman–Crippen MR) is 295 cm³/mol. The third-order valence-electron chi connectivity index (χ3n) is 13.4. The molecule has 0 saturated carbocycles. The van der Waals surface area contributed by atoms with Gasteiger partial charge in [-0.1, -0.05) is 12.1 Å². The van der Waals surface area contributed by atoms with Crippen molar-refractivity contribution in [3.8, 4) is 34.0 Å². The van der Waals surface area contributed by atoms with E-state index in [9.17, 15) is 38.4 Å². The van der Waals surface area contributed by atoms with Crippen LogP contribution in [0, 0.1) is 11.6 Å². The van der Waals surface area contributed by atoms with Gasteiger partial charge in [-0.2, -0.15) is 0 Å². The number of ketones is 1. The van der Waals surface area contributed by atoms with Crippen molar-refractivity contribution in [3.05, 3.63) is 108 Å². The fourth-order valence-corrected chi connectivity index (χ4v) is 10.6. The van der Waals surface area contributed by atoms with Gasteiger partial charge in [-0.3, -0.25) is 43.2 Å². The predicted octanol–water partition coefficient (Wildman–Crippen LogP) is 7.75. The number of carbonyl (C=O) groups excluding carboxylic acids is 9. The molecule has 8 rings (SSSR count). The topological polar surface area (TPSA) is 274 Å². The van der Waals surface area contributed by atoms with E-state index in [4.69, 9.17) is 67.8 Å². The molecular weight excluding hydrogens is 1130 g/mol. The Morgan fingerprint density at radius 3 is 1.09 bits per heavy atom. The second-order valence-corrected chi connectivity index (χ2v) is 18.9. The van der Waals surface area contributed by atoms with Crippen molar-refractivity contribution >= 4 is 75.3 Å². The van der Waals surface area contributed by atoms with Gasteiger partial charge in [0, 0.05) is 76.9 Å². The van der Waals surface area contributed by atoms with Crippen molar-refractivity contribution in [2.24, 2.45) is 0 Å². The molecule has 2 fully saturated rings. The Morgan fingerprint density at radius 2 is 0.767 bits per heavy atom. The van der Waals surface area contributed by atoms with Crippen LogP contribution in [0.2, 0.25) is 0 Å². The smallest absolute Gasteiger partial charge is 0.303 e. The first kappa shape index (κ1) is 52.3. The Kier molecular flexibility index (Phi) is 16.3. The van der Waals surface area contributed by atoms with E-state index in [2.05, 4.69) is 0 Å². The van der Waals surface area contributed by atoms with Crippen LogP contribution < -0.4 is 9.47 Å². The fraction of sp³-hybridized carbons (Fsp3) is 0.393. The highest BCUT2D eigenvalue weighted by atomic mass is 19.1. The Balaban J connectivity index is 1.55. The molecule has 25 heteroatoms. The standard InChI is InChI=1S/C61H62F2N2O21/c1-11-75-39-23-19-37(20-24-39)51-49(47-41(62)15-13-17-43(47)64(51)60-58(83-35(9)72)56(81-33(7)70)54(79-31(5)68)45(85-60)27-77-29(3)66)53(74)50-48-42(63)16-14-18-44(48)65(52(50)38-21-25-40(26-22-38)76-12-2)61-59(84-36(10)73)57(82-34(8)71)55(80-32(6)69)46(86-61)28-78-30(4)67/h13-26,45-46,54-61H,11-12,27-28H2,1-10H3/t45-,46-,54-,55-,56+,57+,58-,59-,60?,61?/m1/s1/i3D,4D,5D,6D,7D,8D,9D,10D. The van der Waals surface area contributed by atoms with Gasteiger partial charge < -0.3 is 66.0 Å². The summed E-state index contributed by atoms with van der Waals surface area (Å²) < 4.78 is 171. The minimum absolute atomic E-state index is 0.0431. The number of ether oxygens (including phenoxy) is 12. The third kappa shape index (κ3) is 13.3. The molecule has 2 aliphatic heterocycles. The van der Waals surface area contributed by atoms with E-state index in [0.717, 1.165) is 21.3 Å². The number of esters is 8. The van der Waals surface area contributed by atoms with Crippen molar-refractivity contribution in [1.29, 1.82) is 0 Å². The lowest BCUT2D eigenvalue weighted by atomic mass is 9.92. The van der Waals surface area contributed by atoms with Crippen molar-refractivity contribution in [2.45, 2.75) is 130 Å². The van der Waals surface area contributed by atoms with Crippen molar-refractivity contribution < 1.29 is 120 Å². The molecule has 23 nitrogen and oxygen atoms in total. The average molecular weight is 1210 g/mol. The zero-order valence-electron chi connectivity index (χ0n) is 54.1. The summed E-state index contributed by atoms with van der Waals surface area (Å²) in [7, 11) is 0. The minimum atomic E-state index is -2.18. The molecule has 2 unspecified atom stereocenters. The van der Waals surface area contributed by atoms with Crippen molar-refractivity contribution in [1.82, 2.24) is 9.13 Å². The van der Waals surface area contributed by atoms with Crippen LogP contribution in [0.3, 0.4) is 0 Å². The molecule has 2 saturated heterocycles. The van der Waals surface area contributed by atoms with Crippen molar-refractivity contribution in [2.75, 3.05) is 26.4 Å². The maximum atomic E-state index is 17.8. The van der Waals surface area contributed by atoms with Crippen LogP contribution in [-0.2, 0) is 85.7 Å². The van der Waals surface area contributed by atoms with Gasteiger partial charge in [0.25, 0.3) is 0 Å². The van der Waals surface area contributed by atoms with Crippen LogP contribution in [0.4, 0.5) is 8.78 Å². The van der Waals surface area contributed by atoms with Gasteiger partial charge in [-0.25, -0.2) is 8.78 Å². The average Bonchev–Trinajstić information content (AvgIpc) is 1.54. The number of carbonyl (C=O) groups is 9. The summed E-state index contributed by atoms with van der Waals surface area (Å²) >= 11 is 0. The first-order valence-corrected chi connectivity index (χ1v) is 26.0. The molecule has 0 amide bonds. The maximum Gasteiger partial charge on any atom is 0.303 e. The first-order chi connectivity index (χ1) is 45.2. The first-order valence-electron chi connectivity index (χ1n) is 31.7. The van der Waals surface area contributed by atoms with Crippen LogP contribution >= 0.6 is 0 Å². The number of hydrogen-bond donors (Lipinski definition) is 0. The molecule has 4 heterocycles. The zero-order valence-corrected chi connectivity index (χ0v) is 46.1. The van der Waals surface area contributed by atoms with E-state index in [1.165, 1.54) is 72.8 Å². The van der Waals surface area contributed by atoms with E-state index in [1.54, 1.807) is 13.8 Å². The lowest BCUT2D eigenvalue weighted by Gasteiger charge is -2.45. The normalized spacial score (nSPS) is 23.0. The highest BCUT2D eigenvalue weighted by molar-refractivity contribution is 6.27. The Hall–Kier alpha value is -9.23. The molecule has 0 N–H and O–H groups in total. The van der Waals surface area contributed by atoms with Gasteiger partial charge in [-0.15, -0.1) is 0 Å². The number of nitrogens with zero attached hydrogens (tertiary/aromatic N) is 2. The summed E-state index contributed by atoms with van der Waals surface area (Å²) in [5, 5.41) is -1.21. The fourth-order valence-electron chi connectivity index (χ4n) is 10.6. The third-order valence-corrected chi connectivity index (χ3v) is 13.4. The molecule has 4 aromatic carbocycles. The molecule has 456 valence electrons. The second kappa shape index (κ2) is 26.8. The van der Waals surface area contributed by atoms with Crippen LogP contribution in [0.1, 0.15) is 108 Å². The number of hydrogen-bond acceptors (Lipinski definition) is 21. The van der Waals surface area contributed by atoms with E-state index in [0.29, 0.717) is 0 Å². The SMILES string of the molecule is [2H]CC(=O)OC[C@H]1OC(n2c(-c3ccc(OCC)cc3)c(C(=O)c3c(-c4ccc(OCC)cc4)n(C4O[C@H](COC(=O)C[2H])[C@@H](OC(=O)C[2H])[C@H](OC(=O)C[2H])[C@H]4OC(=O)C[2H])c4cccc(F)c34)c3c(F)cccc32)[C@H](OC(=O)C[2H])[C@@H](OC(=O)C[2H])[C@@H]1OC(=O)C[2H]. The van der Waals surface area contributed by atoms with Crippen LogP contribution in [0.15, 0.2) is 84.9 Å². The molecule has 2 aromatic heterocycles. The molecule has 0 spiro atoms. The molecule has 2 aliphatic rings. The Labute approximate surface area is 501 Å². The van der Waals surface area contributed by atoms with Crippen LogP contribution in [-0.4, -0.2) is 138 Å². The molecule has 0 bridgehead atoms. The van der Waals surface area contributed by atoms with Gasteiger partial charge in [0.1, 0.15) is 48.6 Å².